The molecule has 1 amide bonds. The van der Waals surface area contributed by atoms with Crippen LogP contribution in [0, 0.1) is 0 Å². The molecule has 1 heterocycles. The van der Waals surface area contributed by atoms with Crippen LogP contribution < -0.4 is 11.5 Å². The largest absolute Gasteiger partial charge is 0.371 e. The highest BCUT2D eigenvalue weighted by molar-refractivity contribution is 5.92. The number of benzene rings is 1. The van der Waals surface area contributed by atoms with E-state index < -0.39 is 5.91 Å². The molecule has 1 aliphatic heterocycles. The van der Waals surface area contributed by atoms with E-state index in [4.69, 9.17) is 16.2 Å². The molecule has 0 radical (unpaired) electrons. The van der Waals surface area contributed by atoms with Crippen LogP contribution in [0.1, 0.15) is 15.9 Å². The third kappa shape index (κ3) is 2.55. The van der Waals surface area contributed by atoms with Crippen molar-refractivity contribution in [1.29, 1.82) is 0 Å². The molecule has 2 rings (SSSR count). The number of nitrogens with two attached hydrogens (primary N) is 2. The molecule has 1 aliphatic rings. The summed E-state index contributed by atoms with van der Waals surface area (Å²) in [4.78, 5) is 10.8. The lowest BCUT2D eigenvalue weighted by Gasteiger charge is -2.08. The van der Waals surface area contributed by atoms with Crippen LogP contribution >= 0.6 is 0 Å². The van der Waals surface area contributed by atoms with Crippen molar-refractivity contribution in [2.24, 2.45) is 11.5 Å². The molecule has 4 nitrogen and oxygen atoms in total. The molecule has 2 atom stereocenters. The van der Waals surface area contributed by atoms with Crippen molar-refractivity contribution >= 4 is 5.91 Å². The fourth-order valence-electron chi connectivity index (χ4n) is 1.51. The Morgan fingerprint density at radius 3 is 2.53 bits per heavy atom. The second-order valence-electron chi connectivity index (χ2n) is 3.80. The summed E-state index contributed by atoms with van der Waals surface area (Å²) in [5.41, 5.74) is 12.7. The van der Waals surface area contributed by atoms with E-state index in [2.05, 4.69) is 0 Å². The van der Waals surface area contributed by atoms with Gasteiger partial charge in [-0.1, -0.05) is 12.1 Å². The van der Waals surface area contributed by atoms with Crippen LogP contribution in [0.5, 0.6) is 0 Å². The lowest BCUT2D eigenvalue weighted by molar-refractivity contribution is 0.100. The molecule has 0 saturated carbocycles. The summed E-state index contributed by atoms with van der Waals surface area (Å²) in [6.07, 6.45) is 0.977. The highest BCUT2D eigenvalue weighted by Gasteiger charge is 2.29. The molecule has 4 N–H and O–H groups in total. The van der Waals surface area contributed by atoms with E-state index in [0.717, 1.165) is 18.6 Å². The zero-order chi connectivity index (χ0) is 10.8. The van der Waals surface area contributed by atoms with E-state index in [-0.39, 0.29) is 12.1 Å². The van der Waals surface area contributed by atoms with Crippen LogP contribution in [-0.2, 0) is 11.2 Å². The minimum atomic E-state index is -0.406. The van der Waals surface area contributed by atoms with Gasteiger partial charge in [0.25, 0.3) is 0 Å². The Morgan fingerprint density at radius 2 is 2.07 bits per heavy atom. The molecule has 2 unspecified atom stereocenters. The normalized spacial score (nSPS) is 21.0. The first-order chi connectivity index (χ1) is 7.16. The van der Waals surface area contributed by atoms with Gasteiger partial charge in [0.05, 0.1) is 12.7 Å². The molecule has 15 heavy (non-hydrogen) atoms. The molecular formula is C11H14N2O2. The van der Waals surface area contributed by atoms with Crippen LogP contribution in [-0.4, -0.2) is 24.7 Å². The molecule has 1 aromatic carbocycles. The molecule has 0 spiro atoms. The quantitative estimate of drug-likeness (QED) is 0.683. The van der Waals surface area contributed by atoms with Crippen molar-refractivity contribution < 1.29 is 9.53 Å². The summed E-state index contributed by atoms with van der Waals surface area (Å²) >= 11 is 0. The fourth-order valence-corrected chi connectivity index (χ4v) is 1.51. The zero-order valence-electron chi connectivity index (χ0n) is 8.35. The molecular weight excluding hydrogens is 192 g/mol. The van der Waals surface area contributed by atoms with Gasteiger partial charge in [-0.25, -0.2) is 0 Å². The highest BCUT2D eigenvalue weighted by Crippen LogP contribution is 2.16. The third-order valence-electron chi connectivity index (χ3n) is 2.55. The Morgan fingerprint density at radius 1 is 1.47 bits per heavy atom. The van der Waals surface area contributed by atoms with Crippen molar-refractivity contribution in [3.63, 3.8) is 0 Å². The number of hydrogen-bond acceptors (Lipinski definition) is 3. The van der Waals surface area contributed by atoms with Gasteiger partial charge < -0.3 is 16.2 Å². The average Bonchev–Trinajstić information content (AvgIpc) is 3.01. The van der Waals surface area contributed by atoms with Gasteiger partial charge in [0.15, 0.2) is 0 Å². The number of amides is 1. The van der Waals surface area contributed by atoms with Gasteiger partial charge in [-0.15, -0.1) is 0 Å². The minimum Gasteiger partial charge on any atom is -0.371 e. The third-order valence-corrected chi connectivity index (χ3v) is 2.55. The lowest BCUT2D eigenvalue weighted by atomic mass is 10.0. The summed E-state index contributed by atoms with van der Waals surface area (Å²) in [6, 6.07) is 7.24. The predicted octanol–water partition coefficient (Wildman–Crippen LogP) is 0.0541. The van der Waals surface area contributed by atoms with E-state index in [1.165, 1.54) is 0 Å². The van der Waals surface area contributed by atoms with Crippen LogP contribution in [0.4, 0.5) is 0 Å². The summed E-state index contributed by atoms with van der Waals surface area (Å²) < 4.78 is 5.11. The number of carbonyl (C=O) groups is 1. The van der Waals surface area contributed by atoms with E-state index in [0.29, 0.717) is 5.56 Å². The van der Waals surface area contributed by atoms with Crippen molar-refractivity contribution in [2.75, 3.05) is 6.61 Å². The van der Waals surface area contributed by atoms with Crippen LogP contribution in [0.3, 0.4) is 0 Å². The summed E-state index contributed by atoms with van der Waals surface area (Å²) in [5, 5.41) is 0. The average molecular weight is 206 g/mol. The van der Waals surface area contributed by atoms with Crippen LogP contribution in [0.25, 0.3) is 0 Å². The first-order valence-electron chi connectivity index (χ1n) is 4.93. The van der Waals surface area contributed by atoms with Crippen molar-refractivity contribution in [2.45, 2.75) is 18.6 Å². The second-order valence-corrected chi connectivity index (χ2v) is 3.80. The first-order valence-corrected chi connectivity index (χ1v) is 4.93. The highest BCUT2D eigenvalue weighted by atomic mass is 16.6. The SMILES string of the molecule is NC(=O)c1ccc(CC(N)C2CO2)cc1. The Kier molecular flexibility index (Phi) is 2.70. The Hall–Kier alpha value is -1.39. The van der Waals surface area contributed by atoms with Crippen molar-refractivity contribution in [1.82, 2.24) is 0 Å². The maximum Gasteiger partial charge on any atom is 0.248 e. The molecule has 1 aromatic rings. The fraction of sp³-hybridized carbons (Fsp3) is 0.364. The minimum absolute atomic E-state index is 0.0458. The number of ether oxygens (including phenoxy) is 1. The van der Waals surface area contributed by atoms with Gasteiger partial charge in [0.2, 0.25) is 5.91 Å². The second kappa shape index (κ2) is 4.00. The van der Waals surface area contributed by atoms with Crippen LogP contribution in [0.15, 0.2) is 24.3 Å². The maximum atomic E-state index is 10.8. The topological polar surface area (TPSA) is 81.6 Å². The summed E-state index contributed by atoms with van der Waals surface area (Å²) in [7, 11) is 0. The van der Waals surface area contributed by atoms with Crippen LogP contribution in [0.2, 0.25) is 0 Å². The Labute approximate surface area is 88.2 Å². The number of rotatable bonds is 4. The molecule has 4 heteroatoms. The smallest absolute Gasteiger partial charge is 0.248 e. The van der Waals surface area contributed by atoms with E-state index in [1.54, 1.807) is 12.1 Å². The molecule has 80 valence electrons. The molecule has 0 bridgehead atoms. The number of epoxide rings is 1. The van der Waals surface area contributed by atoms with Crippen molar-refractivity contribution in [3.05, 3.63) is 35.4 Å². The molecule has 0 aromatic heterocycles. The van der Waals surface area contributed by atoms with E-state index in [9.17, 15) is 4.79 Å². The Balaban J connectivity index is 1.99. The van der Waals surface area contributed by atoms with E-state index >= 15 is 0 Å². The summed E-state index contributed by atoms with van der Waals surface area (Å²) in [6.45, 7) is 0.764. The molecule has 1 fully saturated rings. The van der Waals surface area contributed by atoms with Gasteiger partial charge >= 0.3 is 0 Å². The first kappa shape index (κ1) is 10.1. The van der Waals surface area contributed by atoms with Gasteiger partial charge in [0, 0.05) is 11.6 Å². The zero-order valence-corrected chi connectivity index (χ0v) is 8.35. The van der Waals surface area contributed by atoms with Gasteiger partial charge in [0.1, 0.15) is 0 Å². The van der Waals surface area contributed by atoms with Gasteiger partial charge in [-0.2, -0.15) is 0 Å². The molecule has 1 saturated heterocycles. The predicted molar refractivity (Wildman–Crippen MR) is 56.4 cm³/mol. The number of hydrogen-bond donors (Lipinski definition) is 2. The van der Waals surface area contributed by atoms with Gasteiger partial charge in [-0.3, -0.25) is 4.79 Å². The lowest BCUT2D eigenvalue weighted by Crippen LogP contribution is -2.29. The maximum absolute atomic E-state index is 10.8. The monoisotopic (exact) mass is 206 g/mol. The van der Waals surface area contributed by atoms with Gasteiger partial charge in [-0.05, 0) is 24.1 Å². The standard InChI is InChI=1S/C11H14N2O2/c12-9(10-6-15-10)5-7-1-3-8(4-2-7)11(13)14/h1-4,9-10H,5-6,12H2,(H2,13,14). The molecule has 0 aliphatic carbocycles. The number of carbonyl (C=O) groups excluding carboxylic acids is 1. The van der Waals surface area contributed by atoms with Crippen molar-refractivity contribution in [3.8, 4) is 0 Å². The van der Waals surface area contributed by atoms with E-state index in [1.807, 2.05) is 12.1 Å². The Bertz CT molecular complexity index is 357. The summed E-state index contributed by atoms with van der Waals surface area (Å²) in [5.74, 6) is -0.406. The number of primary amides is 1.